The molecule has 2 N–H and O–H groups in total. The summed E-state index contributed by atoms with van der Waals surface area (Å²) in [7, 11) is 0. The highest BCUT2D eigenvalue weighted by atomic mass is 16.7. The van der Waals surface area contributed by atoms with Crippen molar-refractivity contribution in [1.29, 1.82) is 0 Å². The lowest BCUT2D eigenvalue weighted by Gasteiger charge is -2.21. The van der Waals surface area contributed by atoms with Crippen molar-refractivity contribution in [3.8, 4) is 23.0 Å². The molecule has 0 bridgehead atoms. The fraction of sp³-hybridized carbons (Fsp3) is 0.214. The van der Waals surface area contributed by atoms with Gasteiger partial charge in [0.05, 0.1) is 5.52 Å². The Morgan fingerprint density at radius 2 is 1.54 bits per heavy atom. The summed E-state index contributed by atoms with van der Waals surface area (Å²) < 4.78 is 23.7. The van der Waals surface area contributed by atoms with Crippen LogP contribution in [-0.2, 0) is 17.9 Å². The van der Waals surface area contributed by atoms with E-state index in [1.807, 2.05) is 43.3 Å². The Kier molecular flexibility index (Phi) is 5.80. The van der Waals surface area contributed by atoms with Crippen molar-refractivity contribution in [2.24, 2.45) is 0 Å². The van der Waals surface area contributed by atoms with Crippen LogP contribution in [0.2, 0.25) is 0 Å². The van der Waals surface area contributed by atoms with Crippen LogP contribution in [0.4, 0.5) is 11.4 Å². The Morgan fingerprint density at radius 3 is 2.35 bits per heavy atom. The minimum atomic E-state index is -0.346. The average molecular weight is 500 g/mol. The Bertz CT molecular complexity index is 1560. The average Bonchev–Trinajstić information content (AvgIpc) is 3.37. The molecule has 1 aromatic heterocycles. The van der Waals surface area contributed by atoms with Gasteiger partial charge in [-0.3, -0.25) is 14.2 Å². The van der Waals surface area contributed by atoms with Crippen LogP contribution in [0.15, 0.2) is 65.5 Å². The Balaban J connectivity index is 1.33. The lowest BCUT2D eigenvalue weighted by molar-refractivity contribution is -0.116. The molecule has 3 heterocycles. The second-order valence-electron chi connectivity index (χ2n) is 8.95. The Morgan fingerprint density at radius 1 is 0.838 bits per heavy atom. The highest BCUT2D eigenvalue weighted by Crippen LogP contribution is 2.35. The third kappa shape index (κ3) is 4.63. The maximum absolute atomic E-state index is 13.6. The number of hydrogen-bond donors (Lipinski definition) is 2. The van der Waals surface area contributed by atoms with Crippen molar-refractivity contribution >= 4 is 28.2 Å². The van der Waals surface area contributed by atoms with Crippen LogP contribution in [0.3, 0.4) is 0 Å². The zero-order chi connectivity index (χ0) is 25.4. The number of aryl methyl sites for hydroxylation is 1. The number of benzene rings is 3. The number of ether oxygens (including phenoxy) is 4. The van der Waals surface area contributed by atoms with E-state index in [1.54, 1.807) is 24.3 Å². The van der Waals surface area contributed by atoms with E-state index in [9.17, 15) is 9.59 Å². The molecule has 37 heavy (non-hydrogen) atoms. The standard InChI is InChI=1S/C28H25N3O6/c1-17-2-4-20(5-3-17)29-14-19-10-18-11-24-26(35-9-8-34-24)13-22(18)31(28(19)33)15-27(32)30-21-6-7-23-25(12-21)37-16-36-23/h2-7,10-13,29H,8-9,14-16H2,1H3,(H,30,32). The summed E-state index contributed by atoms with van der Waals surface area (Å²) in [5.41, 5.74) is 3.47. The van der Waals surface area contributed by atoms with Gasteiger partial charge in [0.1, 0.15) is 19.8 Å². The van der Waals surface area contributed by atoms with Gasteiger partial charge in [-0.05, 0) is 43.3 Å². The first-order valence-corrected chi connectivity index (χ1v) is 12.0. The van der Waals surface area contributed by atoms with Gasteiger partial charge in [0.25, 0.3) is 5.56 Å². The van der Waals surface area contributed by atoms with Gasteiger partial charge in [-0.2, -0.15) is 0 Å². The molecule has 0 spiro atoms. The van der Waals surface area contributed by atoms with E-state index in [2.05, 4.69) is 10.6 Å². The second kappa shape index (κ2) is 9.42. The molecule has 3 aromatic carbocycles. The lowest BCUT2D eigenvalue weighted by Crippen LogP contribution is -2.31. The van der Waals surface area contributed by atoms with Crippen molar-refractivity contribution in [2.45, 2.75) is 20.0 Å². The number of hydrogen-bond acceptors (Lipinski definition) is 7. The molecule has 9 heteroatoms. The number of amides is 1. The molecule has 0 saturated carbocycles. The maximum Gasteiger partial charge on any atom is 0.256 e. The van der Waals surface area contributed by atoms with Crippen LogP contribution in [-0.4, -0.2) is 30.5 Å². The summed E-state index contributed by atoms with van der Waals surface area (Å²) in [5, 5.41) is 6.93. The van der Waals surface area contributed by atoms with Crippen LogP contribution in [0, 0.1) is 6.92 Å². The highest BCUT2D eigenvalue weighted by molar-refractivity contribution is 5.92. The summed E-state index contributed by atoms with van der Waals surface area (Å²) in [4.78, 5) is 26.7. The molecule has 2 aliphatic heterocycles. The van der Waals surface area contributed by atoms with Crippen LogP contribution < -0.4 is 35.1 Å². The molecule has 0 radical (unpaired) electrons. The molecule has 6 rings (SSSR count). The molecular weight excluding hydrogens is 474 g/mol. The smallest absolute Gasteiger partial charge is 0.256 e. The van der Waals surface area contributed by atoms with Gasteiger partial charge < -0.3 is 29.6 Å². The zero-order valence-corrected chi connectivity index (χ0v) is 20.2. The number of anilines is 2. The molecule has 4 aromatic rings. The van der Waals surface area contributed by atoms with E-state index in [4.69, 9.17) is 18.9 Å². The summed E-state index contributed by atoms with van der Waals surface area (Å²) in [5.74, 6) is 2.01. The van der Waals surface area contributed by atoms with E-state index in [-0.39, 0.29) is 24.8 Å². The SMILES string of the molecule is Cc1ccc(NCc2cc3cc4c(cc3n(CC(=O)Nc3ccc5c(c3)OCO5)c2=O)OCCO4)cc1. The largest absolute Gasteiger partial charge is 0.486 e. The van der Waals surface area contributed by atoms with Gasteiger partial charge in [0.15, 0.2) is 23.0 Å². The number of aromatic nitrogens is 1. The first-order chi connectivity index (χ1) is 18.0. The minimum absolute atomic E-state index is 0.146. The van der Waals surface area contributed by atoms with E-state index < -0.39 is 0 Å². The fourth-order valence-electron chi connectivity index (χ4n) is 4.45. The van der Waals surface area contributed by atoms with Crippen LogP contribution in [0.25, 0.3) is 10.9 Å². The van der Waals surface area contributed by atoms with Crippen LogP contribution in [0.1, 0.15) is 11.1 Å². The van der Waals surface area contributed by atoms with Gasteiger partial charge in [-0.1, -0.05) is 17.7 Å². The fourth-order valence-corrected chi connectivity index (χ4v) is 4.45. The van der Waals surface area contributed by atoms with E-state index in [0.29, 0.717) is 59.5 Å². The van der Waals surface area contributed by atoms with E-state index in [0.717, 1.165) is 16.6 Å². The van der Waals surface area contributed by atoms with E-state index >= 15 is 0 Å². The molecule has 0 saturated heterocycles. The lowest BCUT2D eigenvalue weighted by atomic mass is 10.1. The van der Waals surface area contributed by atoms with Crippen LogP contribution in [0.5, 0.6) is 23.0 Å². The second-order valence-corrected chi connectivity index (χ2v) is 8.95. The maximum atomic E-state index is 13.6. The molecule has 1 amide bonds. The molecule has 0 aliphatic carbocycles. The third-order valence-electron chi connectivity index (χ3n) is 6.32. The topological polar surface area (TPSA) is 100 Å². The van der Waals surface area contributed by atoms with Gasteiger partial charge >= 0.3 is 0 Å². The summed E-state index contributed by atoms with van der Waals surface area (Å²) in [6.07, 6.45) is 0. The molecule has 188 valence electrons. The Hall–Kier alpha value is -4.66. The van der Waals surface area contributed by atoms with Gasteiger partial charge in [0.2, 0.25) is 12.7 Å². The minimum Gasteiger partial charge on any atom is -0.486 e. The summed E-state index contributed by atoms with van der Waals surface area (Å²) in [6.45, 7) is 3.17. The normalized spacial score (nSPS) is 13.4. The van der Waals surface area contributed by atoms with Gasteiger partial charge in [0, 0.05) is 41.0 Å². The molecule has 0 atom stereocenters. The summed E-state index contributed by atoms with van der Waals surface area (Å²) in [6, 6.07) is 18.6. The predicted octanol–water partition coefficient (Wildman–Crippen LogP) is 4.06. The number of carbonyl (C=O) groups excluding carboxylic acids is 1. The molecule has 9 nitrogen and oxygen atoms in total. The number of nitrogens with one attached hydrogen (secondary N) is 2. The number of rotatable bonds is 6. The molecule has 0 fully saturated rings. The van der Waals surface area contributed by atoms with E-state index in [1.165, 1.54) is 4.57 Å². The monoisotopic (exact) mass is 499 g/mol. The first kappa shape index (κ1) is 22.8. The molecule has 0 unspecified atom stereocenters. The van der Waals surface area contributed by atoms with Gasteiger partial charge in [-0.25, -0.2) is 0 Å². The first-order valence-electron chi connectivity index (χ1n) is 12.0. The van der Waals surface area contributed by atoms with Crippen molar-refractivity contribution in [3.05, 3.63) is 82.1 Å². The van der Waals surface area contributed by atoms with Crippen molar-refractivity contribution in [3.63, 3.8) is 0 Å². The van der Waals surface area contributed by atoms with Crippen molar-refractivity contribution < 1.29 is 23.7 Å². The van der Waals surface area contributed by atoms with Crippen LogP contribution >= 0.6 is 0 Å². The summed E-state index contributed by atoms with van der Waals surface area (Å²) >= 11 is 0. The predicted molar refractivity (Wildman–Crippen MR) is 139 cm³/mol. The highest BCUT2D eigenvalue weighted by Gasteiger charge is 2.19. The molecular formula is C28H25N3O6. The quantitative estimate of drug-likeness (QED) is 0.413. The number of fused-ring (bicyclic) bond motifs is 3. The van der Waals surface area contributed by atoms with Crippen molar-refractivity contribution in [2.75, 3.05) is 30.6 Å². The van der Waals surface area contributed by atoms with Crippen molar-refractivity contribution in [1.82, 2.24) is 4.57 Å². The number of nitrogens with zero attached hydrogens (tertiary/aromatic N) is 1. The zero-order valence-electron chi connectivity index (χ0n) is 20.2. The van der Waals surface area contributed by atoms with Gasteiger partial charge in [-0.15, -0.1) is 0 Å². The number of carbonyl (C=O) groups is 1. The molecule has 2 aliphatic rings. The number of pyridine rings is 1. The Labute approximate surface area is 212 Å². The third-order valence-corrected chi connectivity index (χ3v) is 6.32.